The molecule has 1 aromatic heterocycles. The van der Waals surface area contributed by atoms with Crippen LogP contribution in [0.3, 0.4) is 0 Å². The van der Waals surface area contributed by atoms with Gasteiger partial charge in [0, 0.05) is 20.1 Å². The molecule has 1 saturated carbocycles. The molecule has 1 aliphatic rings. The van der Waals surface area contributed by atoms with Crippen molar-refractivity contribution >= 4 is 5.91 Å². The maximum absolute atomic E-state index is 11.8. The van der Waals surface area contributed by atoms with E-state index in [1.54, 1.807) is 18.9 Å². The molecule has 2 rings (SSSR count). The third-order valence-corrected chi connectivity index (χ3v) is 3.63. The Kier molecular flexibility index (Phi) is 3.76. The molecule has 0 saturated heterocycles. The van der Waals surface area contributed by atoms with Crippen molar-refractivity contribution in [3.8, 4) is 0 Å². The van der Waals surface area contributed by atoms with Crippen LogP contribution in [0.2, 0.25) is 0 Å². The second kappa shape index (κ2) is 5.14. The maximum atomic E-state index is 11.8. The van der Waals surface area contributed by atoms with Crippen LogP contribution in [0.15, 0.2) is 16.5 Å². The third-order valence-electron chi connectivity index (χ3n) is 3.63. The van der Waals surface area contributed by atoms with Gasteiger partial charge in [-0.15, -0.1) is 0 Å². The first-order chi connectivity index (χ1) is 8.52. The molecule has 1 aromatic rings. The average molecular weight is 251 g/mol. The zero-order valence-corrected chi connectivity index (χ0v) is 11.5. The molecule has 0 N–H and O–H groups in total. The summed E-state index contributed by atoms with van der Waals surface area (Å²) in [5, 5.41) is 0. The molecule has 0 radical (unpaired) electrons. The lowest BCUT2D eigenvalue weighted by Gasteiger charge is -2.19. The van der Waals surface area contributed by atoms with Crippen LogP contribution in [0.4, 0.5) is 0 Å². The molecule has 0 bridgehead atoms. The molecular formula is C14H21NO3. The van der Waals surface area contributed by atoms with E-state index in [-0.39, 0.29) is 5.91 Å². The Balaban J connectivity index is 1.92. The fourth-order valence-corrected chi connectivity index (χ4v) is 2.12. The van der Waals surface area contributed by atoms with Gasteiger partial charge in [-0.05, 0) is 31.4 Å². The monoisotopic (exact) mass is 251 g/mol. The summed E-state index contributed by atoms with van der Waals surface area (Å²) in [5.41, 5.74) is 0. The van der Waals surface area contributed by atoms with E-state index in [0.717, 1.165) is 17.4 Å². The number of likely N-dealkylation sites (N-methyl/N-ethyl adjacent to an activating group) is 1. The normalized spacial score (nSPS) is 23.8. The van der Waals surface area contributed by atoms with Crippen LogP contribution < -0.4 is 0 Å². The molecule has 0 aromatic carbocycles. The molecule has 1 amide bonds. The minimum Gasteiger partial charge on any atom is -0.464 e. The number of methoxy groups -OCH3 is 1. The summed E-state index contributed by atoms with van der Waals surface area (Å²) in [6.45, 7) is 4.47. The topological polar surface area (TPSA) is 42.7 Å². The second-order valence-electron chi connectivity index (χ2n) is 5.20. The van der Waals surface area contributed by atoms with Gasteiger partial charge in [0.25, 0.3) is 5.91 Å². The number of furan rings is 1. The molecule has 4 heteroatoms. The van der Waals surface area contributed by atoms with Gasteiger partial charge in [0.15, 0.2) is 0 Å². The maximum Gasteiger partial charge on any atom is 0.251 e. The Hall–Kier alpha value is -1.29. The van der Waals surface area contributed by atoms with Crippen molar-refractivity contribution in [2.24, 2.45) is 5.92 Å². The number of hydrogen-bond donors (Lipinski definition) is 0. The predicted molar refractivity (Wildman–Crippen MR) is 68.2 cm³/mol. The van der Waals surface area contributed by atoms with Gasteiger partial charge in [-0.3, -0.25) is 4.79 Å². The molecule has 0 spiro atoms. The van der Waals surface area contributed by atoms with Crippen molar-refractivity contribution < 1.29 is 13.9 Å². The summed E-state index contributed by atoms with van der Waals surface area (Å²) in [6, 6.07) is 3.99. The van der Waals surface area contributed by atoms with Crippen molar-refractivity contribution in [2.75, 3.05) is 14.2 Å². The number of nitrogens with zero attached hydrogens (tertiary/aromatic N) is 1. The van der Waals surface area contributed by atoms with Crippen LogP contribution in [-0.4, -0.2) is 31.1 Å². The molecule has 4 nitrogen and oxygen atoms in total. The standard InChI is InChI=1S/C14H21NO3/c1-9-7-12(9)13-6-5-11(18-13)8-15(3)14(16)10(2)17-4/h5-6,9-10,12H,7-8H2,1-4H3. The Morgan fingerprint density at radius 1 is 1.61 bits per heavy atom. The number of ether oxygens (including phenoxy) is 1. The molecular weight excluding hydrogens is 230 g/mol. The van der Waals surface area contributed by atoms with Gasteiger partial charge in [0.1, 0.15) is 17.6 Å². The first-order valence-electron chi connectivity index (χ1n) is 6.39. The summed E-state index contributed by atoms with van der Waals surface area (Å²) in [6.07, 6.45) is 0.801. The summed E-state index contributed by atoms with van der Waals surface area (Å²) in [4.78, 5) is 13.5. The molecule has 1 aliphatic carbocycles. The highest BCUT2D eigenvalue weighted by Gasteiger charge is 2.36. The number of hydrogen-bond acceptors (Lipinski definition) is 3. The molecule has 18 heavy (non-hydrogen) atoms. The molecule has 1 fully saturated rings. The number of carbonyl (C=O) groups is 1. The van der Waals surface area contributed by atoms with Gasteiger partial charge in [0.2, 0.25) is 0 Å². The van der Waals surface area contributed by atoms with Crippen molar-refractivity contribution in [3.05, 3.63) is 23.7 Å². The minimum absolute atomic E-state index is 0.0322. The van der Waals surface area contributed by atoms with E-state index in [2.05, 4.69) is 6.92 Å². The summed E-state index contributed by atoms with van der Waals surface area (Å²) in [7, 11) is 3.30. The van der Waals surface area contributed by atoms with Crippen LogP contribution in [0.25, 0.3) is 0 Å². The van der Waals surface area contributed by atoms with Gasteiger partial charge in [-0.1, -0.05) is 6.92 Å². The Bertz CT molecular complexity index is 426. The summed E-state index contributed by atoms with van der Waals surface area (Å²) >= 11 is 0. The van der Waals surface area contributed by atoms with Gasteiger partial charge < -0.3 is 14.1 Å². The third kappa shape index (κ3) is 2.75. The second-order valence-corrected chi connectivity index (χ2v) is 5.20. The number of carbonyl (C=O) groups excluding carboxylic acids is 1. The lowest BCUT2D eigenvalue weighted by molar-refractivity contribution is -0.140. The highest BCUT2D eigenvalue weighted by Crippen LogP contribution is 2.47. The fraction of sp³-hybridized carbons (Fsp3) is 0.643. The highest BCUT2D eigenvalue weighted by molar-refractivity contribution is 5.80. The molecule has 3 atom stereocenters. The van der Waals surface area contributed by atoms with Crippen molar-refractivity contribution in [1.82, 2.24) is 4.90 Å². The highest BCUT2D eigenvalue weighted by atomic mass is 16.5. The fourth-order valence-electron chi connectivity index (χ4n) is 2.12. The average Bonchev–Trinajstić information content (AvgIpc) is 2.90. The Morgan fingerprint density at radius 3 is 2.83 bits per heavy atom. The van der Waals surface area contributed by atoms with E-state index in [1.807, 2.05) is 12.1 Å². The van der Waals surface area contributed by atoms with E-state index in [4.69, 9.17) is 9.15 Å². The quantitative estimate of drug-likeness (QED) is 0.807. The molecule has 3 unspecified atom stereocenters. The van der Waals surface area contributed by atoms with Crippen molar-refractivity contribution in [3.63, 3.8) is 0 Å². The smallest absolute Gasteiger partial charge is 0.251 e. The first-order valence-corrected chi connectivity index (χ1v) is 6.39. The zero-order valence-electron chi connectivity index (χ0n) is 11.5. The first kappa shape index (κ1) is 13.1. The van der Waals surface area contributed by atoms with Crippen molar-refractivity contribution in [1.29, 1.82) is 0 Å². The Morgan fingerprint density at radius 2 is 2.28 bits per heavy atom. The molecule has 1 heterocycles. The van der Waals surface area contributed by atoms with Crippen molar-refractivity contribution in [2.45, 2.75) is 38.8 Å². The number of rotatable bonds is 5. The molecule has 0 aliphatic heterocycles. The van der Waals surface area contributed by atoms with Crippen LogP contribution >= 0.6 is 0 Å². The van der Waals surface area contributed by atoms with Gasteiger partial charge in [-0.2, -0.15) is 0 Å². The van der Waals surface area contributed by atoms with E-state index in [0.29, 0.717) is 12.5 Å². The van der Waals surface area contributed by atoms with Crippen LogP contribution in [0.1, 0.15) is 37.7 Å². The summed E-state index contributed by atoms with van der Waals surface area (Å²) in [5.74, 6) is 3.17. The van der Waals surface area contributed by atoms with Gasteiger partial charge in [-0.25, -0.2) is 0 Å². The van der Waals surface area contributed by atoms with Gasteiger partial charge in [0.05, 0.1) is 6.54 Å². The van der Waals surface area contributed by atoms with Crippen LogP contribution in [-0.2, 0) is 16.1 Å². The van der Waals surface area contributed by atoms with E-state index >= 15 is 0 Å². The lowest BCUT2D eigenvalue weighted by atomic mass is 10.3. The zero-order chi connectivity index (χ0) is 13.3. The van der Waals surface area contributed by atoms with E-state index < -0.39 is 6.10 Å². The number of amides is 1. The predicted octanol–water partition coefficient (Wildman–Crippen LogP) is 2.40. The molecule has 100 valence electrons. The van der Waals surface area contributed by atoms with Crippen LogP contribution in [0.5, 0.6) is 0 Å². The summed E-state index contributed by atoms with van der Waals surface area (Å²) < 4.78 is 10.8. The largest absolute Gasteiger partial charge is 0.464 e. The lowest BCUT2D eigenvalue weighted by Crippen LogP contribution is -2.35. The van der Waals surface area contributed by atoms with E-state index in [1.165, 1.54) is 13.5 Å². The van der Waals surface area contributed by atoms with Gasteiger partial charge >= 0.3 is 0 Å². The minimum atomic E-state index is -0.409. The Labute approximate surface area is 108 Å². The SMILES string of the molecule is COC(C)C(=O)N(C)Cc1ccc(C2CC2C)o1. The van der Waals surface area contributed by atoms with E-state index in [9.17, 15) is 4.79 Å². The van der Waals surface area contributed by atoms with Crippen LogP contribution in [0, 0.1) is 5.92 Å².